The molecule has 1 heterocycles. The Morgan fingerprint density at radius 3 is 2.57 bits per heavy atom. The van der Waals surface area contributed by atoms with Gasteiger partial charge in [0.2, 0.25) is 5.91 Å². The van der Waals surface area contributed by atoms with Crippen molar-refractivity contribution >= 4 is 17.6 Å². The molecular weight excluding hydrogens is 382 g/mol. The lowest BCUT2D eigenvalue weighted by molar-refractivity contribution is -0.117. The van der Waals surface area contributed by atoms with Crippen molar-refractivity contribution in [2.45, 2.75) is 27.3 Å². The highest BCUT2D eigenvalue weighted by molar-refractivity contribution is 6.01. The van der Waals surface area contributed by atoms with Crippen LogP contribution in [0.3, 0.4) is 0 Å². The van der Waals surface area contributed by atoms with Crippen LogP contribution in [0.4, 0.5) is 5.69 Å². The van der Waals surface area contributed by atoms with Crippen LogP contribution in [0.5, 0.6) is 0 Å². The number of carbonyl (C=O) groups is 2. The summed E-state index contributed by atoms with van der Waals surface area (Å²) in [4.78, 5) is 36.9. The summed E-state index contributed by atoms with van der Waals surface area (Å²) in [7, 11) is 0. The molecule has 0 spiro atoms. The molecule has 154 valence electrons. The Kier molecular flexibility index (Phi) is 6.41. The monoisotopic (exact) mass is 405 g/mol. The van der Waals surface area contributed by atoms with Gasteiger partial charge in [0.15, 0.2) is 0 Å². The molecule has 7 heteroatoms. The Bertz CT molecular complexity index is 1150. The van der Waals surface area contributed by atoms with E-state index in [1.165, 1.54) is 6.07 Å². The second-order valence-corrected chi connectivity index (χ2v) is 6.85. The Balaban J connectivity index is 1.83. The third kappa shape index (κ3) is 4.81. The fourth-order valence-corrected chi connectivity index (χ4v) is 3.11. The Morgan fingerprint density at radius 2 is 1.83 bits per heavy atom. The van der Waals surface area contributed by atoms with E-state index in [0.29, 0.717) is 11.4 Å². The summed E-state index contributed by atoms with van der Waals surface area (Å²) in [6.07, 6.45) is 0. The molecule has 0 aliphatic heterocycles. The fraction of sp³-hybridized carbons (Fsp3) is 0.217. The van der Waals surface area contributed by atoms with Crippen molar-refractivity contribution in [2.24, 2.45) is 0 Å². The van der Waals surface area contributed by atoms with Crippen LogP contribution in [0.25, 0.3) is 11.3 Å². The van der Waals surface area contributed by atoms with E-state index in [9.17, 15) is 14.4 Å². The number of benzene rings is 2. The number of nitrogens with one attached hydrogen (secondary N) is 1. The highest BCUT2D eigenvalue weighted by Crippen LogP contribution is 2.21. The summed E-state index contributed by atoms with van der Waals surface area (Å²) in [6, 6.07) is 15.5. The van der Waals surface area contributed by atoms with Crippen LogP contribution in [0.15, 0.2) is 59.4 Å². The van der Waals surface area contributed by atoms with E-state index in [4.69, 9.17) is 4.74 Å². The molecule has 0 saturated heterocycles. The smallest absolute Gasteiger partial charge is 0.340 e. The number of ether oxygens (including phenoxy) is 1. The zero-order chi connectivity index (χ0) is 21.7. The van der Waals surface area contributed by atoms with Crippen molar-refractivity contribution in [3.05, 3.63) is 81.6 Å². The molecular formula is C23H23N3O4. The molecule has 0 fully saturated rings. The Morgan fingerprint density at radius 1 is 1.07 bits per heavy atom. The molecule has 0 aliphatic carbocycles. The van der Waals surface area contributed by atoms with Crippen LogP contribution < -0.4 is 10.9 Å². The third-order valence-electron chi connectivity index (χ3n) is 4.51. The molecule has 0 atom stereocenters. The summed E-state index contributed by atoms with van der Waals surface area (Å²) < 4.78 is 6.12. The SMILES string of the molecule is CCOC(=O)c1ccccc1NC(=O)Cn1nc(-c2ccc(C)cc2C)ccc1=O. The topological polar surface area (TPSA) is 90.3 Å². The molecule has 0 unspecified atom stereocenters. The molecule has 0 aliphatic rings. The number of aromatic nitrogens is 2. The lowest BCUT2D eigenvalue weighted by Gasteiger charge is -2.12. The molecule has 3 aromatic rings. The van der Waals surface area contributed by atoms with Gasteiger partial charge >= 0.3 is 5.97 Å². The first-order chi connectivity index (χ1) is 14.4. The van der Waals surface area contributed by atoms with Crippen LogP contribution in [0.2, 0.25) is 0 Å². The summed E-state index contributed by atoms with van der Waals surface area (Å²) in [6.45, 7) is 5.63. The number of hydrogen-bond acceptors (Lipinski definition) is 5. The Labute approximate surface area is 174 Å². The number of esters is 1. The Hall–Kier alpha value is -3.74. The van der Waals surface area contributed by atoms with Crippen molar-refractivity contribution < 1.29 is 14.3 Å². The maximum Gasteiger partial charge on any atom is 0.340 e. The minimum absolute atomic E-state index is 0.228. The zero-order valence-electron chi connectivity index (χ0n) is 17.1. The molecule has 2 aromatic carbocycles. The predicted molar refractivity (Wildman–Crippen MR) is 114 cm³/mol. The average Bonchev–Trinajstić information content (AvgIpc) is 2.70. The van der Waals surface area contributed by atoms with Crippen molar-refractivity contribution in [1.82, 2.24) is 9.78 Å². The number of anilines is 1. The minimum Gasteiger partial charge on any atom is -0.462 e. The first kappa shape index (κ1) is 21.0. The van der Waals surface area contributed by atoms with Gasteiger partial charge in [-0.1, -0.05) is 35.9 Å². The molecule has 30 heavy (non-hydrogen) atoms. The third-order valence-corrected chi connectivity index (χ3v) is 4.51. The molecule has 0 saturated carbocycles. The largest absolute Gasteiger partial charge is 0.462 e. The highest BCUT2D eigenvalue weighted by Gasteiger charge is 2.15. The van der Waals surface area contributed by atoms with Gasteiger partial charge in [-0.2, -0.15) is 5.10 Å². The molecule has 0 bridgehead atoms. The van der Waals surface area contributed by atoms with Gasteiger partial charge in [-0.3, -0.25) is 9.59 Å². The van der Waals surface area contributed by atoms with Crippen LogP contribution in [0.1, 0.15) is 28.4 Å². The van der Waals surface area contributed by atoms with E-state index in [2.05, 4.69) is 10.4 Å². The van der Waals surface area contributed by atoms with Crippen molar-refractivity contribution in [1.29, 1.82) is 0 Å². The van der Waals surface area contributed by atoms with Gasteiger partial charge in [0.1, 0.15) is 6.54 Å². The number of aryl methyl sites for hydroxylation is 2. The van der Waals surface area contributed by atoms with Gasteiger partial charge in [-0.15, -0.1) is 0 Å². The number of carbonyl (C=O) groups excluding carboxylic acids is 2. The van der Waals surface area contributed by atoms with Crippen LogP contribution in [-0.4, -0.2) is 28.3 Å². The van der Waals surface area contributed by atoms with Crippen LogP contribution >= 0.6 is 0 Å². The molecule has 3 rings (SSSR count). The van der Waals surface area contributed by atoms with Crippen molar-refractivity contribution in [3.63, 3.8) is 0 Å². The zero-order valence-corrected chi connectivity index (χ0v) is 17.1. The average molecular weight is 405 g/mol. The van der Waals surface area contributed by atoms with Gasteiger partial charge in [0.05, 0.1) is 23.6 Å². The van der Waals surface area contributed by atoms with E-state index in [1.54, 1.807) is 37.3 Å². The first-order valence-electron chi connectivity index (χ1n) is 9.61. The van der Waals surface area contributed by atoms with Crippen LogP contribution in [-0.2, 0) is 16.1 Å². The van der Waals surface area contributed by atoms with Gasteiger partial charge in [-0.05, 0) is 44.5 Å². The molecule has 1 aromatic heterocycles. The first-order valence-corrected chi connectivity index (χ1v) is 9.61. The van der Waals surface area contributed by atoms with Gasteiger partial charge < -0.3 is 10.1 Å². The molecule has 1 N–H and O–H groups in total. The van der Waals surface area contributed by atoms with E-state index in [1.807, 2.05) is 32.0 Å². The van der Waals surface area contributed by atoms with E-state index in [0.717, 1.165) is 21.4 Å². The normalized spacial score (nSPS) is 10.5. The number of nitrogens with zero attached hydrogens (tertiary/aromatic N) is 2. The molecule has 7 nitrogen and oxygen atoms in total. The van der Waals surface area contributed by atoms with Gasteiger partial charge in [0, 0.05) is 11.6 Å². The van der Waals surface area contributed by atoms with Gasteiger partial charge in [-0.25, -0.2) is 9.48 Å². The number of para-hydroxylation sites is 1. The number of amides is 1. The lowest BCUT2D eigenvalue weighted by atomic mass is 10.0. The molecule has 0 radical (unpaired) electrons. The highest BCUT2D eigenvalue weighted by atomic mass is 16.5. The lowest BCUT2D eigenvalue weighted by Crippen LogP contribution is -2.29. The predicted octanol–water partition coefficient (Wildman–Crippen LogP) is 3.34. The number of rotatable bonds is 6. The number of hydrogen-bond donors (Lipinski definition) is 1. The van der Waals surface area contributed by atoms with E-state index >= 15 is 0 Å². The summed E-state index contributed by atoms with van der Waals surface area (Å²) >= 11 is 0. The maximum atomic E-state index is 12.6. The second kappa shape index (κ2) is 9.17. The summed E-state index contributed by atoms with van der Waals surface area (Å²) in [5.74, 6) is -1.00. The van der Waals surface area contributed by atoms with Crippen LogP contribution in [0, 0.1) is 13.8 Å². The maximum absolute atomic E-state index is 12.6. The fourth-order valence-electron chi connectivity index (χ4n) is 3.11. The van der Waals surface area contributed by atoms with Gasteiger partial charge in [0.25, 0.3) is 5.56 Å². The quantitative estimate of drug-likeness (QED) is 0.635. The van der Waals surface area contributed by atoms with Crippen molar-refractivity contribution in [3.8, 4) is 11.3 Å². The standard InChI is InChI=1S/C23H23N3O4/c1-4-30-23(29)18-7-5-6-8-19(18)24-21(27)14-26-22(28)12-11-20(25-26)17-10-9-15(2)13-16(17)3/h5-13H,4,14H2,1-3H3,(H,24,27). The van der Waals surface area contributed by atoms with E-state index in [-0.39, 0.29) is 18.7 Å². The second-order valence-electron chi connectivity index (χ2n) is 6.85. The minimum atomic E-state index is -0.527. The molecule has 1 amide bonds. The summed E-state index contributed by atoms with van der Waals surface area (Å²) in [5.41, 5.74) is 3.83. The summed E-state index contributed by atoms with van der Waals surface area (Å²) in [5, 5.41) is 7.02. The van der Waals surface area contributed by atoms with Crippen molar-refractivity contribution in [2.75, 3.05) is 11.9 Å². The van der Waals surface area contributed by atoms with E-state index < -0.39 is 17.4 Å².